The van der Waals surface area contributed by atoms with E-state index in [1.165, 1.54) is 0 Å². The van der Waals surface area contributed by atoms with Gasteiger partial charge in [0.05, 0.1) is 4.92 Å². The Balaban J connectivity index is 2.06. The van der Waals surface area contributed by atoms with Crippen molar-refractivity contribution in [1.29, 1.82) is 0 Å². The van der Waals surface area contributed by atoms with Gasteiger partial charge in [-0.15, -0.1) is 0 Å². The lowest BCUT2D eigenvalue weighted by Gasteiger charge is -2.14. The molecule has 0 fully saturated rings. The van der Waals surface area contributed by atoms with Gasteiger partial charge in [0.25, 0.3) is 5.69 Å². The number of hydrogen-bond acceptors (Lipinski definition) is 3. The molecule has 0 aliphatic heterocycles. The molecule has 0 amide bonds. The third-order valence-corrected chi connectivity index (χ3v) is 3.71. The van der Waals surface area contributed by atoms with E-state index >= 15 is 0 Å². The van der Waals surface area contributed by atoms with Gasteiger partial charge in [-0.05, 0) is 37.1 Å². The van der Waals surface area contributed by atoms with Gasteiger partial charge < -0.3 is 5.32 Å². The summed E-state index contributed by atoms with van der Waals surface area (Å²) in [7, 11) is 0. The van der Waals surface area contributed by atoms with Gasteiger partial charge in [0, 0.05) is 29.2 Å². The highest BCUT2D eigenvalue weighted by atomic mass is 35.5. The smallest absolute Gasteiger partial charge is 0.272 e. The molecule has 0 aliphatic rings. The van der Waals surface area contributed by atoms with E-state index in [0.717, 1.165) is 11.1 Å². The number of nitrogens with one attached hydrogen (secondary N) is 1. The third-order valence-electron chi connectivity index (χ3n) is 3.46. The first-order valence-corrected chi connectivity index (χ1v) is 7.08. The Morgan fingerprint density at radius 3 is 2.52 bits per heavy atom. The van der Waals surface area contributed by atoms with Gasteiger partial charge in [0.2, 0.25) is 0 Å². The van der Waals surface area contributed by atoms with Crippen molar-refractivity contribution in [2.24, 2.45) is 0 Å². The van der Waals surface area contributed by atoms with Crippen LogP contribution < -0.4 is 5.32 Å². The van der Waals surface area contributed by atoms with Crippen molar-refractivity contribution >= 4 is 17.3 Å². The lowest BCUT2D eigenvalue weighted by atomic mass is 10.0. The molecule has 1 unspecified atom stereocenters. The van der Waals surface area contributed by atoms with E-state index in [1.807, 2.05) is 37.3 Å². The zero-order valence-electron chi connectivity index (χ0n) is 12.0. The molecule has 2 aromatic rings. The van der Waals surface area contributed by atoms with Crippen molar-refractivity contribution < 1.29 is 4.92 Å². The van der Waals surface area contributed by atoms with E-state index < -0.39 is 0 Å². The lowest BCUT2D eigenvalue weighted by Crippen LogP contribution is -2.18. The summed E-state index contributed by atoms with van der Waals surface area (Å²) in [6.07, 6.45) is 0. The molecule has 4 nitrogen and oxygen atoms in total. The summed E-state index contributed by atoms with van der Waals surface area (Å²) in [5.74, 6) is 0. The fourth-order valence-electron chi connectivity index (χ4n) is 2.08. The van der Waals surface area contributed by atoms with E-state index in [2.05, 4.69) is 5.32 Å². The average molecular weight is 305 g/mol. The minimum absolute atomic E-state index is 0.0278. The number of nitro benzene ring substituents is 1. The lowest BCUT2D eigenvalue weighted by molar-refractivity contribution is -0.385. The highest BCUT2D eigenvalue weighted by Gasteiger charge is 2.14. The highest BCUT2D eigenvalue weighted by molar-refractivity contribution is 6.30. The van der Waals surface area contributed by atoms with Crippen molar-refractivity contribution in [3.05, 3.63) is 74.3 Å². The van der Waals surface area contributed by atoms with Crippen molar-refractivity contribution in [2.75, 3.05) is 0 Å². The molecule has 0 bridgehead atoms. The predicted octanol–water partition coefficient (Wildman–Crippen LogP) is 4.41. The molecule has 2 rings (SSSR count). The summed E-state index contributed by atoms with van der Waals surface area (Å²) >= 11 is 5.85. The summed E-state index contributed by atoms with van der Waals surface area (Å²) in [5, 5.41) is 15.0. The molecule has 110 valence electrons. The monoisotopic (exact) mass is 304 g/mol. The van der Waals surface area contributed by atoms with Crippen molar-refractivity contribution in [1.82, 2.24) is 5.32 Å². The van der Waals surface area contributed by atoms with Crippen LogP contribution in [0.1, 0.15) is 29.7 Å². The van der Waals surface area contributed by atoms with Crippen molar-refractivity contribution in [2.45, 2.75) is 26.4 Å². The van der Waals surface area contributed by atoms with Crippen LogP contribution in [0.4, 0.5) is 5.69 Å². The minimum atomic E-state index is -0.343. The Labute approximate surface area is 128 Å². The first-order valence-electron chi connectivity index (χ1n) is 6.70. The fraction of sp³-hybridized carbons (Fsp3) is 0.250. The van der Waals surface area contributed by atoms with Crippen LogP contribution in [0.5, 0.6) is 0 Å². The van der Waals surface area contributed by atoms with Gasteiger partial charge >= 0.3 is 0 Å². The second-order valence-electron chi connectivity index (χ2n) is 5.03. The standard InChI is InChI=1S/C16H17ClN2O2/c1-11-3-6-14(9-16(11)19(20)21)12(2)18-10-13-4-7-15(17)8-5-13/h3-9,12,18H,10H2,1-2H3. The number of benzene rings is 2. The molecule has 21 heavy (non-hydrogen) atoms. The van der Waals surface area contributed by atoms with E-state index in [-0.39, 0.29) is 16.7 Å². The number of halogens is 1. The second kappa shape index (κ2) is 6.70. The number of nitrogens with zero attached hydrogens (tertiary/aromatic N) is 1. The molecule has 0 spiro atoms. The molecule has 1 atom stereocenters. The first-order chi connectivity index (χ1) is 9.97. The first kappa shape index (κ1) is 15.5. The maximum atomic E-state index is 11.0. The fourth-order valence-corrected chi connectivity index (χ4v) is 2.21. The van der Waals surface area contributed by atoms with Crippen LogP contribution in [0.25, 0.3) is 0 Å². The zero-order valence-corrected chi connectivity index (χ0v) is 12.7. The largest absolute Gasteiger partial charge is 0.306 e. The topological polar surface area (TPSA) is 55.2 Å². The van der Waals surface area contributed by atoms with Crippen LogP contribution in [0, 0.1) is 17.0 Å². The SMILES string of the molecule is Cc1ccc(C(C)NCc2ccc(Cl)cc2)cc1[N+](=O)[O-]. The zero-order chi connectivity index (χ0) is 15.4. The number of nitro groups is 1. The molecule has 0 radical (unpaired) electrons. The number of aryl methyl sites for hydroxylation is 1. The maximum absolute atomic E-state index is 11.0. The van der Waals surface area contributed by atoms with Gasteiger partial charge in [-0.2, -0.15) is 0 Å². The number of hydrogen-bond donors (Lipinski definition) is 1. The summed E-state index contributed by atoms with van der Waals surface area (Å²) in [5.41, 5.74) is 2.86. The van der Waals surface area contributed by atoms with Crippen LogP contribution in [0.3, 0.4) is 0 Å². The van der Waals surface area contributed by atoms with Gasteiger partial charge in [0.15, 0.2) is 0 Å². The van der Waals surface area contributed by atoms with Crippen molar-refractivity contribution in [3.63, 3.8) is 0 Å². The van der Waals surface area contributed by atoms with Crippen LogP contribution in [0.2, 0.25) is 5.02 Å². The molecule has 0 aliphatic carbocycles. The van der Waals surface area contributed by atoms with E-state index in [0.29, 0.717) is 17.1 Å². The van der Waals surface area contributed by atoms with Gasteiger partial charge in [-0.1, -0.05) is 35.9 Å². The minimum Gasteiger partial charge on any atom is -0.306 e. The van der Waals surface area contributed by atoms with Crippen LogP contribution in [-0.2, 0) is 6.54 Å². The molecule has 0 saturated heterocycles. The Hall–Kier alpha value is -1.91. The Kier molecular flexibility index (Phi) is 4.94. The molecular formula is C16H17ClN2O2. The van der Waals surface area contributed by atoms with Crippen molar-refractivity contribution in [3.8, 4) is 0 Å². The molecule has 2 aromatic carbocycles. The Morgan fingerprint density at radius 2 is 1.90 bits per heavy atom. The average Bonchev–Trinajstić information content (AvgIpc) is 2.46. The van der Waals surface area contributed by atoms with E-state index in [4.69, 9.17) is 11.6 Å². The normalized spacial score (nSPS) is 12.1. The predicted molar refractivity (Wildman–Crippen MR) is 84.5 cm³/mol. The Bertz CT molecular complexity index is 641. The highest BCUT2D eigenvalue weighted by Crippen LogP contribution is 2.23. The summed E-state index contributed by atoms with van der Waals surface area (Å²) in [4.78, 5) is 10.6. The van der Waals surface area contributed by atoms with E-state index in [9.17, 15) is 10.1 Å². The summed E-state index contributed by atoms with van der Waals surface area (Å²) in [6.45, 7) is 4.41. The van der Waals surface area contributed by atoms with Gasteiger partial charge in [0.1, 0.15) is 0 Å². The molecular weight excluding hydrogens is 288 g/mol. The van der Waals surface area contributed by atoms with Gasteiger partial charge in [-0.3, -0.25) is 10.1 Å². The van der Waals surface area contributed by atoms with Crippen LogP contribution >= 0.6 is 11.6 Å². The molecule has 0 aromatic heterocycles. The summed E-state index contributed by atoms with van der Waals surface area (Å²) < 4.78 is 0. The van der Waals surface area contributed by atoms with Gasteiger partial charge in [-0.25, -0.2) is 0 Å². The maximum Gasteiger partial charge on any atom is 0.272 e. The van der Waals surface area contributed by atoms with Crippen LogP contribution in [0.15, 0.2) is 42.5 Å². The Morgan fingerprint density at radius 1 is 1.24 bits per heavy atom. The number of rotatable bonds is 5. The quantitative estimate of drug-likeness (QED) is 0.657. The van der Waals surface area contributed by atoms with E-state index in [1.54, 1.807) is 19.1 Å². The van der Waals surface area contributed by atoms with Crippen LogP contribution in [-0.4, -0.2) is 4.92 Å². The third kappa shape index (κ3) is 4.03. The summed E-state index contributed by atoms with van der Waals surface area (Å²) in [6, 6.07) is 13.0. The molecule has 5 heteroatoms. The second-order valence-corrected chi connectivity index (χ2v) is 5.47. The molecule has 0 heterocycles. The molecule has 0 saturated carbocycles. The molecule has 1 N–H and O–H groups in total.